The predicted molar refractivity (Wildman–Crippen MR) is 62.7 cm³/mol. The molecule has 2 heteroatoms. The average molecular weight is 204 g/mol. The summed E-state index contributed by atoms with van der Waals surface area (Å²) in [6.45, 7) is 16.1. The van der Waals surface area contributed by atoms with E-state index in [0.717, 1.165) is 26.4 Å². The Labute approximate surface area is 90.0 Å². The molecule has 0 saturated carbocycles. The molecule has 0 saturated heterocycles. The highest BCUT2D eigenvalue weighted by Gasteiger charge is 1.95. The quantitative estimate of drug-likeness (QED) is 0.660. The van der Waals surface area contributed by atoms with E-state index in [2.05, 4.69) is 27.7 Å². The van der Waals surface area contributed by atoms with Crippen LogP contribution in [0.15, 0.2) is 0 Å². The van der Waals surface area contributed by atoms with Gasteiger partial charge in [-0.25, -0.2) is 0 Å². The van der Waals surface area contributed by atoms with Crippen molar-refractivity contribution in [3.63, 3.8) is 0 Å². The lowest BCUT2D eigenvalue weighted by Gasteiger charge is -2.07. The summed E-state index contributed by atoms with van der Waals surface area (Å²) in [6.07, 6.45) is 0. The van der Waals surface area contributed by atoms with Gasteiger partial charge in [0, 0.05) is 26.4 Å². The summed E-state index contributed by atoms with van der Waals surface area (Å²) in [7, 11) is 0. The van der Waals surface area contributed by atoms with E-state index in [1.54, 1.807) is 0 Å². The van der Waals surface area contributed by atoms with Crippen molar-refractivity contribution in [1.82, 2.24) is 0 Å². The van der Waals surface area contributed by atoms with E-state index in [1.165, 1.54) is 0 Å². The number of hydrogen-bond acceptors (Lipinski definition) is 2. The summed E-state index contributed by atoms with van der Waals surface area (Å²) in [5.41, 5.74) is 0. The van der Waals surface area contributed by atoms with Crippen LogP contribution in [0.5, 0.6) is 0 Å². The van der Waals surface area contributed by atoms with Gasteiger partial charge in [-0.1, -0.05) is 27.7 Å². The lowest BCUT2D eigenvalue weighted by atomic mass is 10.2. The Morgan fingerprint density at radius 3 is 1.21 bits per heavy atom. The molecule has 0 aliphatic heterocycles. The van der Waals surface area contributed by atoms with E-state index in [1.807, 2.05) is 13.8 Å². The molecular weight excluding hydrogens is 176 g/mol. The second kappa shape index (κ2) is 12.9. The number of hydrogen-bond donors (Lipinski definition) is 0. The van der Waals surface area contributed by atoms with Crippen molar-refractivity contribution in [3.8, 4) is 0 Å². The fraction of sp³-hybridized carbons (Fsp3) is 1.00. The predicted octanol–water partition coefficient (Wildman–Crippen LogP) is 3.36. The minimum atomic E-state index is 0.670. The summed E-state index contributed by atoms with van der Waals surface area (Å²) in [5.74, 6) is 1.34. The van der Waals surface area contributed by atoms with Crippen LogP contribution in [-0.4, -0.2) is 26.4 Å². The lowest BCUT2D eigenvalue weighted by molar-refractivity contribution is 0.0886. The fourth-order valence-electron chi connectivity index (χ4n) is 0.744. The van der Waals surface area contributed by atoms with Crippen LogP contribution in [0, 0.1) is 11.8 Å². The SMILES string of the molecule is CC(C)COCC(C)C.CCOCC. The van der Waals surface area contributed by atoms with Gasteiger partial charge >= 0.3 is 0 Å². The molecule has 2 nitrogen and oxygen atoms in total. The maximum absolute atomic E-state index is 5.36. The van der Waals surface area contributed by atoms with Crippen molar-refractivity contribution < 1.29 is 9.47 Å². The average Bonchev–Trinajstić information content (AvgIpc) is 2.05. The Morgan fingerprint density at radius 2 is 1.07 bits per heavy atom. The molecule has 0 aromatic rings. The molecule has 0 aromatic carbocycles. The van der Waals surface area contributed by atoms with Gasteiger partial charge in [-0.2, -0.15) is 0 Å². The normalized spacial score (nSPS) is 10.3. The third-order valence-electron chi connectivity index (χ3n) is 1.31. The van der Waals surface area contributed by atoms with Crippen LogP contribution in [0.2, 0.25) is 0 Å². The molecular formula is C12H28O2. The highest BCUT2D eigenvalue weighted by Crippen LogP contribution is 1.96. The zero-order chi connectivity index (χ0) is 11.4. The first-order chi connectivity index (χ1) is 6.54. The lowest BCUT2D eigenvalue weighted by Crippen LogP contribution is -2.06. The third kappa shape index (κ3) is 22.7. The zero-order valence-corrected chi connectivity index (χ0v) is 10.8. The Bertz CT molecular complexity index is 80.3. The Balaban J connectivity index is 0. The van der Waals surface area contributed by atoms with Crippen LogP contribution in [0.1, 0.15) is 41.5 Å². The van der Waals surface area contributed by atoms with E-state index in [-0.39, 0.29) is 0 Å². The van der Waals surface area contributed by atoms with Crippen molar-refractivity contribution in [2.45, 2.75) is 41.5 Å². The van der Waals surface area contributed by atoms with Gasteiger partial charge in [0.2, 0.25) is 0 Å². The topological polar surface area (TPSA) is 18.5 Å². The van der Waals surface area contributed by atoms with E-state index in [9.17, 15) is 0 Å². The summed E-state index contributed by atoms with van der Waals surface area (Å²) in [4.78, 5) is 0. The summed E-state index contributed by atoms with van der Waals surface area (Å²) >= 11 is 0. The molecule has 0 aromatic heterocycles. The van der Waals surface area contributed by atoms with E-state index < -0.39 is 0 Å². The second-order valence-electron chi connectivity index (χ2n) is 4.11. The van der Waals surface area contributed by atoms with Crippen molar-refractivity contribution in [2.75, 3.05) is 26.4 Å². The third-order valence-corrected chi connectivity index (χ3v) is 1.31. The molecule has 0 fully saturated rings. The first-order valence-corrected chi connectivity index (χ1v) is 5.69. The van der Waals surface area contributed by atoms with Gasteiger partial charge in [0.1, 0.15) is 0 Å². The summed E-state index contributed by atoms with van der Waals surface area (Å²) in [5, 5.41) is 0. The molecule has 0 amide bonds. The maximum atomic E-state index is 5.36. The minimum absolute atomic E-state index is 0.670. The van der Waals surface area contributed by atoms with Crippen molar-refractivity contribution in [2.24, 2.45) is 11.8 Å². The zero-order valence-electron chi connectivity index (χ0n) is 10.8. The molecule has 0 N–H and O–H groups in total. The Morgan fingerprint density at radius 1 is 0.714 bits per heavy atom. The van der Waals surface area contributed by atoms with Crippen LogP contribution >= 0.6 is 0 Å². The van der Waals surface area contributed by atoms with Crippen LogP contribution in [0.25, 0.3) is 0 Å². The Kier molecular flexibility index (Phi) is 15.1. The summed E-state index contributed by atoms with van der Waals surface area (Å²) < 4.78 is 10.2. The molecule has 14 heavy (non-hydrogen) atoms. The molecule has 0 bridgehead atoms. The van der Waals surface area contributed by atoms with Crippen molar-refractivity contribution in [1.29, 1.82) is 0 Å². The summed E-state index contributed by atoms with van der Waals surface area (Å²) in [6, 6.07) is 0. The molecule has 0 heterocycles. The largest absolute Gasteiger partial charge is 0.382 e. The smallest absolute Gasteiger partial charge is 0.0489 e. The second-order valence-corrected chi connectivity index (χ2v) is 4.11. The standard InChI is InChI=1S/C8H18O.C4H10O/c1-7(2)5-9-6-8(3)4;1-3-5-4-2/h7-8H,5-6H2,1-4H3;3-4H2,1-2H3. The van der Waals surface area contributed by atoms with Gasteiger partial charge in [-0.05, 0) is 25.7 Å². The van der Waals surface area contributed by atoms with Gasteiger partial charge < -0.3 is 9.47 Å². The van der Waals surface area contributed by atoms with Crippen molar-refractivity contribution in [3.05, 3.63) is 0 Å². The molecule has 0 radical (unpaired) electrons. The molecule has 0 spiro atoms. The first-order valence-electron chi connectivity index (χ1n) is 5.69. The molecule has 0 rings (SSSR count). The van der Waals surface area contributed by atoms with Crippen LogP contribution < -0.4 is 0 Å². The van der Waals surface area contributed by atoms with E-state index >= 15 is 0 Å². The highest BCUT2D eigenvalue weighted by molar-refractivity contribution is 4.42. The van der Waals surface area contributed by atoms with Gasteiger partial charge in [0.05, 0.1) is 0 Å². The van der Waals surface area contributed by atoms with Gasteiger partial charge in [-0.3, -0.25) is 0 Å². The number of rotatable bonds is 6. The van der Waals surface area contributed by atoms with Crippen LogP contribution in [0.4, 0.5) is 0 Å². The molecule has 88 valence electrons. The monoisotopic (exact) mass is 204 g/mol. The van der Waals surface area contributed by atoms with E-state index in [0.29, 0.717) is 11.8 Å². The maximum Gasteiger partial charge on any atom is 0.0489 e. The van der Waals surface area contributed by atoms with Crippen LogP contribution in [0.3, 0.4) is 0 Å². The Hall–Kier alpha value is -0.0800. The molecule has 0 aliphatic carbocycles. The van der Waals surface area contributed by atoms with Gasteiger partial charge in [0.25, 0.3) is 0 Å². The first kappa shape index (κ1) is 16.4. The van der Waals surface area contributed by atoms with Crippen molar-refractivity contribution >= 4 is 0 Å². The van der Waals surface area contributed by atoms with E-state index in [4.69, 9.17) is 9.47 Å². The van der Waals surface area contributed by atoms with Crippen LogP contribution in [-0.2, 0) is 9.47 Å². The fourth-order valence-corrected chi connectivity index (χ4v) is 0.744. The highest BCUT2D eigenvalue weighted by atomic mass is 16.5. The van der Waals surface area contributed by atoms with Gasteiger partial charge in [-0.15, -0.1) is 0 Å². The molecule has 0 unspecified atom stereocenters. The number of ether oxygens (including phenoxy) is 2. The minimum Gasteiger partial charge on any atom is -0.382 e. The molecule has 0 atom stereocenters. The molecule has 0 aliphatic rings. The van der Waals surface area contributed by atoms with Gasteiger partial charge in [0.15, 0.2) is 0 Å².